The molecule has 0 saturated carbocycles. The summed E-state index contributed by atoms with van der Waals surface area (Å²) in [5.41, 5.74) is -4.48. The third-order valence-electron chi connectivity index (χ3n) is 5.47. The molecule has 2 aromatic carbocycles. The number of rotatable bonds is 8. The number of hydrogen-bond acceptors (Lipinski definition) is 9. The van der Waals surface area contributed by atoms with E-state index in [1.54, 1.807) is 12.1 Å². The average Bonchev–Trinajstić information content (AvgIpc) is 3.08. The molecule has 1 aromatic heterocycles. The van der Waals surface area contributed by atoms with Gasteiger partial charge in [0.1, 0.15) is 12.2 Å². The van der Waals surface area contributed by atoms with Crippen molar-refractivity contribution < 1.29 is 34.3 Å². The first kappa shape index (κ1) is 25.9. The summed E-state index contributed by atoms with van der Waals surface area (Å²) in [6.07, 6.45) is -4.35. The van der Waals surface area contributed by atoms with Crippen LogP contribution in [0, 0.1) is 0 Å². The molecule has 1 N–H and O–H groups in total. The van der Waals surface area contributed by atoms with Crippen molar-refractivity contribution >= 4 is 20.2 Å². The molecule has 0 aliphatic carbocycles. The molecule has 192 valence electrons. The van der Waals surface area contributed by atoms with Gasteiger partial charge in [-0.05, 0) is 31.2 Å². The van der Waals surface area contributed by atoms with E-state index >= 15 is 4.39 Å². The molecule has 4 atom stereocenters. The fourth-order valence-corrected chi connectivity index (χ4v) is 5.82. The highest BCUT2D eigenvalue weighted by molar-refractivity contribution is 7.87. The van der Waals surface area contributed by atoms with Crippen LogP contribution in [0.25, 0.3) is 0 Å². The fourth-order valence-electron chi connectivity index (χ4n) is 3.70. The molecule has 1 aliphatic heterocycles. The van der Waals surface area contributed by atoms with E-state index in [-0.39, 0.29) is 9.79 Å². The number of aromatic amines is 1. The summed E-state index contributed by atoms with van der Waals surface area (Å²) in [7, 11) is -8.87. The Kier molecular flexibility index (Phi) is 6.99. The van der Waals surface area contributed by atoms with E-state index in [2.05, 4.69) is 0 Å². The van der Waals surface area contributed by atoms with Gasteiger partial charge >= 0.3 is 5.69 Å². The number of alkyl halides is 1. The number of nitrogens with zero attached hydrogens (tertiary/aromatic N) is 1. The van der Waals surface area contributed by atoms with Gasteiger partial charge in [0.15, 0.2) is 11.9 Å². The van der Waals surface area contributed by atoms with E-state index in [0.717, 1.165) is 19.2 Å². The topological polar surface area (TPSA) is 151 Å². The van der Waals surface area contributed by atoms with Gasteiger partial charge in [0, 0.05) is 12.3 Å². The summed E-state index contributed by atoms with van der Waals surface area (Å²) >= 11 is 0. The van der Waals surface area contributed by atoms with Gasteiger partial charge in [-0.3, -0.25) is 22.7 Å². The molecule has 1 unspecified atom stereocenters. The minimum Gasteiger partial charge on any atom is -0.346 e. The van der Waals surface area contributed by atoms with Crippen LogP contribution in [-0.4, -0.2) is 50.9 Å². The molecule has 0 spiro atoms. The number of H-pyrrole nitrogens is 1. The van der Waals surface area contributed by atoms with E-state index in [1.165, 1.54) is 48.5 Å². The molecule has 36 heavy (non-hydrogen) atoms. The molecule has 3 aromatic rings. The van der Waals surface area contributed by atoms with E-state index in [9.17, 15) is 26.4 Å². The molecular formula is C22H21FN2O9S2. The predicted molar refractivity (Wildman–Crippen MR) is 123 cm³/mol. The van der Waals surface area contributed by atoms with Gasteiger partial charge in [-0.1, -0.05) is 36.4 Å². The van der Waals surface area contributed by atoms with E-state index < -0.39 is 62.2 Å². The third kappa shape index (κ3) is 5.17. The summed E-state index contributed by atoms with van der Waals surface area (Å²) < 4.78 is 83.6. The number of nitrogens with one attached hydrogen (secondary N) is 1. The van der Waals surface area contributed by atoms with Gasteiger partial charge in [0.2, 0.25) is 0 Å². The lowest BCUT2D eigenvalue weighted by Crippen LogP contribution is -2.46. The van der Waals surface area contributed by atoms with Crippen LogP contribution in [-0.2, 0) is 33.3 Å². The Morgan fingerprint density at radius 1 is 0.944 bits per heavy atom. The Bertz CT molecular complexity index is 1550. The van der Waals surface area contributed by atoms with Crippen LogP contribution in [0.3, 0.4) is 0 Å². The summed E-state index contributed by atoms with van der Waals surface area (Å²) in [5.74, 6) is 0. The van der Waals surface area contributed by atoms with Gasteiger partial charge in [-0.15, -0.1) is 0 Å². The Hall–Kier alpha value is -3.17. The van der Waals surface area contributed by atoms with Crippen molar-refractivity contribution in [2.75, 3.05) is 6.61 Å². The first-order chi connectivity index (χ1) is 16.9. The lowest BCUT2D eigenvalue weighted by Gasteiger charge is -2.27. The third-order valence-corrected chi connectivity index (χ3v) is 8.07. The first-order valence-corrected chi connectivity index (χ1v) is 13.3. The molecule has 1 saturated heterocycles. The molecule has 2 heterocycles. The van der Waals surface area contributed by atoms with Crippen LogP contribution in [0.2, 0.25) is 0 Å². The highest BCUT2D eigenvalue weighted by Gasteiger charge is 2.58. The molecule has 4 rings (SSSR count). The number of halogens is 1. The minimum atomic E-state index is -4.55. The molecule has 1 fully saturated rings. The first-order valence-electron chi connectivity index (χ1n) is 10.5. The largest absolute Gasteiger partial charge is 0.346 e. The number of hydrogen-bond donors (Lipinski definition) is 1. The lowest BCUT2D eigenvalue weighted by atomic mass is 9.98. The molecule has 11 nitrogen and oxygen atoms in total. The fraction of sp³-hybridized carbons (Fsp3) is 0.273. The smallest absolute Gasteiger partial charge is 0.330 e. The van der Waals surface area contributed by atoms with E-state index in [1.807, 2.05) is 4.98 Å². The van der Waals surface area contributed by atoms with Gasteiger partial charge in [-0.25, -0.2) is 9.18 Å². The van der Waals surface area contributed by atoms with Crippen LogP contribution >= 0.6 is 0 Å². The van der Waals surface area contributed by atoms with Gasteiger partial charge in [0.05, 0.1) is 16.4 Å². The zero-order valence-corrected chi connectivity index (χ0v) is 20.3. The van der Waals surface area contributed by atoms with E-state index in [0.29, 0.717) is 4.57 Å². The van der Waals surface area contributed by atoms with Crippen molar-refractivity contribution in [2.45, 2.75) is 40.8 Å². The molecule has 1 aliphatic rings. The van der Waals surface area contributed by atoms with Crippen LogP contribution in [0.4, 0.5) is 4.39 Å². The zero-order chi connectivity index (χ0) is 26.1. The number of aromatic nitrogens is 2. The van der Waals surface area contributed by atoms with Crippen molar-refractivity contribution in [1.29, 1.82) is 0 Å². The molecule has 0 bridgehead atoms. The van der Waals surface area contributed by atoms with Crippen molar-refractivity contribution in [2.24, 2.45) is 0 Å². The minimum absolute atomic E-state index is 0.186. The summed E-state index contributed by atoms with van der Waals surface area (Å²) in [6, 6.07) is 14.9. The highest BCUT2D eigenvalue weighted by atomic mass is 32.2. The highest BCUT2D eigenvalue weighted by Crippen LogP contribution is 2.43. The van der Waals surface area contributed by atoms with E-state index in [4.69, 9.17) is 13.1 Å². The maximum absolute atomic E-state index is 16.2. The standard InChI is InChI=1S/C22H21FN2O9S2/c1-22(23)19(34-36(30,31)16-10-6-3-7-11-16)17(14-32-35(28,29)15-8-4-2-5-9-15)33-20(22)25-13-12-18(26)24-21(25)27/h2-13,17,19-20H,14H2,1H3,(H,24,26,27)/t17-,19-,20?,22-/m1/s1. The second kappa shape index (κ2) is 9.71. The van der Waals surface area contributed by atoms with Crippen LogP contribution in [0.5, 0.6) is 0 Å². The Morgan fingerprint density at radius 3 is 2.06 bits per heavy atom. The molecule has 14 heteroatoms. The second-order valence-corrected chi connectivity index (χ2v) is 11.2. The van der Waals surface area contributed by atoms with Crippen LogP contribution < -0.4 is 11.2 Å². The maximum atomic E-state index is 16.2. The lowest BCUT2D eigenvalue weighted by molar-refractivity contribution is -0.0581. The van der Waals surface area contributed by atoms with Gasteiger partial charge < -0.3 is 4.74 Å². The summed E-state index contributed by atoms with van der Waals surface area (Å²) in [5, 5.41) is 0. The van der Waals surface area contributed by atoms with Crippen LogP contribution in [0.15, 0.2) is 92.3 Å². The normalized spacial score (nSPS) is 24.6. The van der Waals surface area contributed by atoms with Gasteiger partial charge in [-0.2, -0.15) is 16.8 Å². The van der Waals surface area contributed by atoms with Crippen molar-refractivity contribution in [3.8, 4) is 0 Å². The summed E-state index contributed by atoms with van der Waals surface area (Å²) in [6.45, 7) is 0.104. The second-order valence-electron chi connectivity index (χ2n) is 8.03. The molecule has 0 radical (unpaired) electrons. The summed E-state index contributed by atoms with van der Waals surface area (Å²) in [4.78, 5) is 25.2. The number of benzene rings is 2. The maximum Gasteiger partial charge on any atom is 0.330 e. The SMILES string of the molecule is C[C@]1(F)C(n2ccc(=O)[nH]c2=O)O[C@H](COS(=O)(=O)c2ccccc2)[C@H]1OS(=O)(=O)c1ccccc1. The molecular weight excluding hydrogens is 519 g/mol. The zero-order valence-electron chi connectivity index (χ0n) is 18.7. The van der Waals surface area contributed by atoms with Crippen molar-refractivity contribution in [3.05, 3.63) is 93.8 Å². The van der Waals surface area contributed by atoms with Crippen LogP contribution in [0.1, 0.15) is 13.2 Å². The molecule has 0 amide bonds. The quantitative estimate of drug-likeness (QED) is 0.418. The predicted octanol–water partition coefficient (Wildman–Crippen LogP) is 1.34. The monoisotopic (exact) mass is 540 g/mol. The van der Waals surface area contributed by atoms with Crippen molar-refractivity contribution in [3.63, 3.8) is 0 Å². The Balaban J connectivity index is 1.69. The number of ether oxygens (including phenoxy) is 1. The van der Waals surface area contributed by atoms with Gasteiger partial charge in [0.25, 0.3) is 25.8 Å². The Labute approximate surface area is 205 Å². The average molecular weight is 541 g/mol. The van der Waals surface area contributed by atoms with Crippen molar-refractivity contribution in [1.82, 2.24) is 9.55 Å². The Morgan fingerprint density at radius 2 is 1.50 bits per heavy atom.